The summed E-state index contributed by atoms with van der Waals surface area (Å²) in [5, 5.41) is 10.1. The van der Waals surface area contributed by atoms with E-state index in [4.69, 9.17) is 0 Å². The number of benzene rings is 1. The van der Waals surface area contributed by atoms with Crippen molar-refractivity contribution in [2.45, 2.75) is 25.1 Å². The molecule has 0 spiro atoms. The van der Waals surface area contributed by atoms with Crippen LogP contribution in [0.25, 0.3) is 0 Å². The second kappa shape index (κ2) is 6.72. The highest BCUT2D eigenvalue weighted by Gasteiger charge is 2.61. The molecule has 2 rings (SSSR count). The first kappa shape index (κ1) is 17.5. The van der Waals surface area contributed by atoms with Crippen molar-refractivity contribution >= 4 is 7.82 Å². The van der Waals surface area contributed by atoms with Gasteiger partial charge in [-0.3, -0.25) is 9.05 Å². The summed E-state index contributed by atoms with van der Waals surface area (Å²) < 4.78 is 52.5. The predicted molar refractivity (Wildman–Crippen MR) is 75.4 cm³/mol. The fraction of sp³-hybridized carbons (Fsp3) is 0.571. The highest BCUT2D eigenvalue weighted by molar-refractivity contribution is 7.48. The molecule has 0 bridgehead atoms. The van der Waals surface area contributed by atoms with Crippen molar-refractivity contribution in [2.75, 3.05) is 14.2 Å². The molecule has 22 heavy (non-hydrogen) atoms. The van der Waals surface area contributed by atoms with E-state index in [0.717, 1.165) is 19.8 Å². The van der Waals surface area contributed by atoms with Crippen LogP contribution in [0.5, 0.6) is 0 Å². The third kappa shape index (κ3) is 4.12. The van der Waals surface area contributed by atoms with Gasteiger partial charge in [0, 0.05) is 14.2 Å². The zero-order valence-corrected chi connectivity index (χ0v) is 13.2. The number of hydrogen-bond donors (Lipinski definition) is 1. The maximum absolute atomic E-state index is 14.0. The van der Waals surface area contributed by atoms with Gasteiger partial charge in [-0.25, -0.2) is 9.09 Å². The Bertz CT molecular complexity index is 531. The SMILES string of the molecule is COP(=O)(OC)OC(F)(F)[C@H]1C[C@@H]1[C@@H](O)Cc1ccccc1. The third-order valence-electron chi connectivity index (χ3n) is 3.73. The lowest BCUT2D eigenvalue weighted by atomic mass is 10.0. The Balaban J connectivity index is 1.94. The van der Waals surface area contributed by atoms with Crippen LogP contribution < -0.4 is 0 Å². The van der Waals surface area contributed by atoms with Gasteiger partial charge in [-0.2, -0.15) is 8.78 Å². The first-order valence-electron chi connectivity index (χ1n) is 6.83. The fourth-order valence-electron chi connectivity index (χ4n) is 2.40. The molecule has 0 saturated heterocycles. The Hall–Kier alpha value is -0.850. The molecule has 0 heterocycles. The molecule has 1 aliphatic rings. The van der Waals surface area contributed by atoms with Gasteiger partial charge in [-0.1, -0.05) is 30.3 Å². The van der Waals surface area contributed by atoms with Gasteiger partial charge in [0.05, 0.1) is 12.0 Å². The molecule has 8 heteroatoms. The van der Waals surface area contributed by atoms with Crippen molar-refractivity contribution in [2.24, 2.45) is 11.8 Å². The number of aliphatic hydroxyl groups is 1. The molecule has 0 aromatic heterocycles. The van der Waals surface area contributed by atoms with Crippen molar-refractivity contribution in [3.8, 4) is 0 Å². The standard InChI is InChI=1S/C14H19F2O5P/c1-19-22(18,20-2)21-14(15,16)12-9-11(12)13(17)8-10-6-4-3-5-7-10/h3-7,11-13,17H,8-9H2,1-2H3/t11-,12-,13-/m0/s1. The number of alkyl halides is 2. The van der Waals surface area contributed by atoms with Gasteiger partial charge in [0.1, 0.15) is 0 Å². The first-order chi connectivity index (χ1) is 10.3. The minimum Gasteiger partial charge on any atom is -0.392 e. The smallest absolute Gasteiger partial charge is 0.392 e. The summed E-state index contributed by atoms with van der Waals surface area (Å²) in [7, 11) is -2.34. The van der Waals surface area contributed by atoms with Gasteiger partial charge in [-0.05, 0) is 24.3 Å². The van der Waals surface area contributed by atoms with Gasteiger partial charge in [0.25, 0.3) is 0 Å². The summed E-state index contributed by atoms with van der Waals surface area (Å²) in [5.41, 5.74) is 0.865. The highest BCUT2D eigenvalue weighted by atomic mass is 31.2. The van der Waals surface area contributed by atoms with Crippen molar-refractivity contribution in [3.63, 3.8) is 0 Å². The molecular weight excluding hydrogens is 317 g/mol. The Kier molecular flexibility index (Phi) is 5.35. The van der Waals surface area contributed by atoms with E-state index in [-0.39, 0.29) is 12.8 Å². The quantitative estimate of drug-likeness (QED) is 0.739. The van der Waals surface area contributed by atoms with Crippen LogP contribution in [0.15, 0.2) is 30.3 Å². The van der Waals surface area contributed by atoms with E-state index in [1.807, 2.05) is 30.3 Å². The van der Waals surface area contributed by atoms with Crippen LogP contribution in [0.1, 0.15) is 12.0 Å². The maximum Gasteiger partial charge on any atom is 0.479 e. The normalized spacial score (nSPS) is 23.3. The molecule has 0 unspecified atom stereocenters. The van der Waals surface area contributed by atoms with Crippen molar-refractivity contribution in [1.29, 1.82) is 0 Å². The van der Waals surface area contributed by atoms with Gasteiger partial charge in [0.2, 0.25) is 0 Å². The maximum atomic E-state index is 14.0. The van der Waals surface area contributed by atoms with E-state index in [1.165, 1.54) is 0 Å². The summed E-state index contributed by atoms with van der Waals surface area (Å²) >= 11 is 0. The second-order valence-corrected chi connectivity index (χ2v) is 7.04. The van der Waals surface area contributed by atoms with E-state index in [2.05, 4.69) is 13.6 Å². The van der Waals surface area contributed by atoms with Gasteiger partial charge >= 0.3 is 13.9 Å². The van der Waals surface area contributed by atoms with Gasteiger partial charge in [0.15, 0.2) is 0 Å². The topological polar surface area (TPSA) is 65.0 Å². The molecular formula is C14H19F2O5P. The average molecular weight is 336 g/mol. The van der Waals surface area contributed by atoms with E-state index < -0.39 is 31.9 Å². The minimum absolute atomic E-state index is 0.0917. The van der Waals surface area contributed by atoms with E-state index in [1.54, 1.807) is 0 Å². The predicted octanol–water partition coefficient (Wildman–Crippen LogP) is 3.24. The number of phosphoric ester groups is 1. The number of phosphoric acid groups is 1. The van der Waals surface area contributed by atoms with Crippen LogP contribution in [0, 0.1) is 11.8 Å². The average Bonchev–Trinajstić information content (AvgIpc) is 3.29. The Morgan fingerprint density at radius 2 is 1.91 bits per heavy atom. The van der Waals surface area contributed by atoms with Crippen LogP contribution in [0.3, 0.4) is 0 Å². The molecule has 1 aliphatic carbocycles. The molecule has 1 fully saturated rings. The molecule has 1 N–H and O–H groups in total. The lowest BCUT2D eigenvalue weighted by Crippen LogP contribution is -2.27. The zero-order chi connectivity index (χ0) is 16.4. The summed E-state index contributed by atoms with van der Waals surface area (Å²) in [5.74, 6) is -1.82. The van der Waals surface area contributed by atoms with Crippen molar-refractivity contribution in [3.05, 3.63) is 35.9 Å². The van der Waals surface area contributed by atoms with Crippen LogP contribution in [0.4, 0.5) is 8.78 Å². The van der Waals surface area contributed by atoms with Crippen LogP contribution >= 0.6 is 7.82 Å². The number of rotatable bonds is 8. The van der Waals surface area contributed by atoms with Crippen LogP contribution in [0.2, 0.25) is 0 Å². The summed E-state index contributed by atoms with van der Waals surface area (Å²) in [4.78, 5) is 0. The van der Waals surface area contributed by atoms with Crippen molar-refractivity contribution < 1.29 is 32.0 Å². The largest absolute Gasteiger partial charge is 0.479 e. The molecule has 124 valence electrons. The number of aliphatic hydroxyl groups excluding tert-OH is 1. The zero-order valence-electron chi connectivity index (χ0n) is 12.3. The van der Waals surface area contributed by atoms with Crippen LogP contribution in [-0.2, 0) is 24.6 Å². The van der Waals surface area contributed by atoms with E-state index in [0.29, 0.717) is 0 Å². The fourth-order valence-corrected chi connectivity index (χ4v) is 3.13. The Morgan fingerprint density at radius 1 is 1.32 bits per heavy atom. The number of hydrogen-bond acceptors (Lipinski definition) is 5. The molecule has 0 aliphatic heterocycles. The van der Waals surface area contributed by atoms with E-state index in [9.17, 15) is 18.5 Å². The summed E-state index contributed by atoms with van der Waals surface area (Å²) in [6.07, 6.45) is -4.21. The lowest BCUT2D eigenvalue weighted by molar-refractivity contribution is -0.209. The molecule has 0 radical (unpaired) electrons. The Labute approximate surface area is 127 Å². The molecule has 1 saturated carbocycles. The summed E-state index contributed by atoms with van der Waals surface area (Å²) in [6.45, 7) is 0. The van der Waals surface area contributed by atoms with Gasteiger partial charge < -0.3 is 5.11 Å². The lowest BCUT2D eigenvalue weighted by Gasteiger charge is -2.22. The third-order valence-corrected chi connectivity index (χ3v) is 5.10. The second-order valence-electron chi connectivity index (χ2n) is 5.23. The first-order valence-corrected chi connectivity index (χ1v) is 8.29. The molecule has 3 atom stereocenters. The molecule has 0 amide bonds. The molecule has 1 aromatic carbocycles. The molecule has 5 nitrogen and oxygen atoms in total. The van der Waals surface area contributed by atoms with Gasteiger partial charge in [-0.15, -0.1) is 0 Å². The summed E-state index contributed by atoms with van der Waals surface area (Å²) in [6, 6.07) is 9.11. The van der Waals surface area contributed by atoms with Crippen molar-refractivity contribution in [1.82, 2.24) is 0 Å². The number of halogens is 2. The van der Waals surface area contributed by atoms with Crippen LogP contribution in [-0.4, -0.2) is 31.5 Å². The highest BCUT2D eigenvalue weighted by Crippen LogP contribution is 2.60. The monoisotopic (exact) mass is 336 g/mol. The Morgan fingerprint density at radius 3 is 2.45 bits per heavy atom. The minimum atomic E-state index is -4.27. The molecule has 1 aromatic rings. The van der Waals surface area contributed by atoms with E-state index >= 15 is 0 Å².